The molecule has 2 heterocycles. The Morgan fingerprint density at radius 1 is 1.06 bits per heavy atom. The van der Waals surface area contributed by atoms with Crippen molar-refractivity contribution in [3.8, 4) is 17.0 Å². The number of hydrogen-bond acceptors (Lipinski definition) is 4. The highest BCUT2D eigenvalue weighted by Gasteiger charge is 2.20. The van der Waals surface area contributed by atoms with Crippen molar-refractivity contribution in [2.24, 2.45) is 0 Å². The predicted octanol–water partition coefficient (Wildman–Crippen LogP) is 6.87. The van der Waals surface area contributed by atoms with E-state index >= 15 is 0 Å². The van der Waals surface area contributed by atoms with E-state index in [0.29, 0.717) is 17.4 Å². The third-order valence-corrected chi connectivity index (χ3v) is 6.40. The summed E-state index contributed by atoms with van der Waals surface area (Å²) < 4.78 is 21.8. The van der Waals surface area contributed by atoms with Crippen molar-refractivity contribution in [1.29, 1.82) is 0 Å². The van der Waals surface area contributed by atoms with Crippen LogP contribution >= 0.6 is 15.9 Å². The standard InChI is InChI=1S/C26H23BrFN3O2/c27-19-11-14-23-30-24(25(31(23)16-19)29-21-6-2-1-3-7-21)18-5-4-8-22(15-18)33-26(32)17-9-12-20(28)13-10-17/h4-5,8-16,21,29H,1-3,6-7H2. The molecule has 2 aromatic carbocycles. The average molecular weight is 508 g/mol. The Morgan fingerprint density at radius 2 is 1.85 bits per heavy atom. The summed E-state index contributed by atoms with van der Waals surface area (Å²) in [6, 6.07) is 17.0. The van der Waals surface area contributed by atoms with Gasteiger partial charge in [0.1, 0.15) is 28.7 Å². The van der Waals surface area contributed by atoms with Gasteiger partial charge in [0.05, 0.1) is 5.56 Å². The van der Waals surface area contributed by atoms with Gasteiger partial charge < -0.3 is 10.1 Å². The molecule has 7 heteroatoms. The Bertz CT molecular complexity index is 1300. The number of esters is 1. The zero-order valence-electron chi connectivity index (χ0n) is 17.9. The van der Waals surface area contributed by atoms with Crippen LogP contribution in [-0.2, 0) is 0 Å². The second-order valence-corrected chi connectivity index (χ2v) is 9.20. The van der Waals surface area contributed by atoms with Crippen LogP contribution < -0.4 is 10.1 Å². The number of carbonyl (C=O) groups excluding carboxylic acids is 1. The Balaban J connectivity index is 1.48. The number of nitrogens with zero attached hydrogens (tertiary/aromatic N) is 2. The summed E-state index contributed by atoms with van der Waals surface area (Å²) in [5.74, 6) is 0.403. The number of nitrogens with one attached hydrogen (secondary N) is 1. The first-order chi connectivity index (χ1) is 16.1. The zero-order chi connectivity index (χ0) is 22.8. The van der Waals surface area contributed by atoms with Gasteiger partial charge in [-0.15, -0.1) is 0 Å². The van der Waals surface area contributed by atoms with Gasteiger partial charge >= 0.3 is 5.97 Å². The predicted molar refractivity (Wildman–Crippen MR) is 130 cm³/mol. The largest absolute Gasteiger partial charge is 0.423 e. The molecule has 33 heavy (non-hydrogen) atoms. The molecule has 1 saturated carbocycles. The highest BCUT2D eigenvalue weighted by molar-refractivity contribution is 9.10. The molecule has 1 fully saturated rings. The summed E-state index contributed by atoms with van der Waals surface area (Å²) in [6.07, 6.45) is 8.01. The van der Waals surface area contributed by atoms with Crippen molar-refractivity contribution in [3.05, 3.63) is 82.7 Å². The molecular formula is C26H23BrFN3O2. The maximum Gasteiger partial charge on any atom is 0.343 e. The molecular weight excluding hydrogens is 485 g/mol. The third-order valence-electron chi connectivity index (χ3n) is 5.93. The van der Waals surface area contributed by atoms with Crippen LogP contribution in [0, 0.1) is 5.82 Å². The molecule has 5 nitrogen and oxygen atoms in total. The summed E-state index contributed by atoms with van der Waals surface area (Å²) in [5, 5.41) is 3.73. The van der Waals surface area contributed by atoms with Gasteiger partial charge in [0.25, 0.3) is 0 Å². The van der Waals surface area contributed by atoms with Crippen LogP contribution in [0.4, 0.5) is 10.2 Å². The summed E-state index contributed by atoms with van der Waals surface area (Å²) in [6.45, 7) is 0. The van der Waals surface area contributed by atoms with Gasteiger partial charge in [0, 0.05) is 22.3 Å². The van der Waals surface area contributed by atoms with Crippen LogP contribution in [0.2, 0.25) is 0 Å². The van der Waals surface area contributed by atoms with Crippen molar-refractivity contribution >= 4 is 33.4 Å². The normalized spacial score (nSPS) is 14.4. The van der Waals surface area contributed by atoms with E-state index in [1.54, 1.807) is 6.07 Å². The third kappa shape index (κ3) is 4.78. The smallest absolute Gasteiger partial charge is 0.343 e. The lowest BCUT2D eigenvalue weighted by molar-refractivity contribution is 0.0735. The minimum absolute atomic E-state index is 0.291. The number of ether oxygens (including phenoxy) is 1. The summed E-state index contributed by atoms with van der Waals surface area (Å²) in [7, 11) is 0. The molecule has 1 aliphatic carbocycles. The first-order valence-electron chi connectivity index (χ1n) is 11.1. The Labute approximate surface area is 199 Å². The summed E-state index contributed by atoms with van der Waals surface area (Å²) in [5.41, 5.74) is 2.77. The SMILES string of the molecule is O=C(Oc1cccc(-c2nc3ccc(Br)cn3c2NC2CCCCC2)c1)c1ccc(F)cc1. The first-order valence-corrected chi connectivity index (χ1v) is 11.9. The number of rotatable bonds is 5. The van der Waals surface area contributed by atoms with Crippen molar-refractivity contribution in [1.82, 2.24) is 9.38 Å². The van der Waals surface area contributed by atoms with E-state index in [1.807, 2.05) is 36.5 Å². The van der Waals surface area contributed by atoms with E-state index in [0.717, 1.165) is 40.0 Å². The Kier molecular flexibility index (Phi) is 6.13. The number of imidazole rings is 1. The number of halogens is 2. The lowest BCUT2D eigenvalue weighted by Crippen LogP contribution is -2.23. The highest BCUT2D eigenvalue weighted by atomic mass is 79.9. The Hall–Kier alpha value is -3.19. The number of hydrogen-bond donors (Lipinski definition) is 1. The first kappa shape index (κ1) is 21.6. The fourth-order valence-electron chi connectivity index (χ4n) is 4.26. The zero-order valence-corrected chi connectivity index (χ0v) is 19.5. The van der Waals surface area contributed by atoms with Gasteiger partial charge in [-0.3, -0.25) is 4.40 Å². The number of anilines is 1. The summed E-state index contributed by atoms with van der Waals surface area (Å²) >= 11 is 3.57. The van der Waals surface area contributed by atoms with E-state index < -0.39 is 11.8 Å². The second kappa shape index (κ2) is 9.35. The number of aromatic nitrogens is 2. The van der Waals surface area contributed by atoms with Gasteiger partial charge in [-0.1, -0.05) is 31.4 Å². The molecule has 2 aromatic heterocycles. The van der Waals surface area contributed by atoms with E-state index in [4.69, 9.17) is 9.72 Å². The number of carbonyl (C=O) groups is 1. The maximum absolute atomic E-state index is 13.2. The van der Waals surface area contributed by atoms with Crippen LogP contribution in [0.5, 0.6) is 5.75 Å². The minimum Gasteiger partial charge on any atom is -0.423 e. The minimum atomic E-state index is -0.536. The van der Waals surface area contributed by atoms with E-state index in [1.165, 1.54) is 43.5 Å². The maximum atomic E-state index is 13.2. The van der Waals surface area contributed by atoms with Gasteiger partial charge in [-0.25, -0.2) is 14.2 Å². The molecule has 0 atom stereocenters. The lowest BCUT2D eigenvalue weighted by atomic mass is 9.95. The molecule has 0 unspecified atom stereocenters. The van der Waals surface area contributed by atoms with Crippen molar-refractivity contribution in [3.63, 3.8) is 0 Å². The van der Waals surface area contributed by atoms with Crippen LogP contribution in [0.3, 0.4) is 0 Å². The fraction of sp³-hybridized carbons (Fsp3) is 0.231. The van der Waals surface area contributed by atoms with Crippen molar-refractivity contribution < 1.29 is 13.9 Å². The van der Waals surface area contributed by atoms with E-state index in [9.17, 15) is 9.18 Å². The molecule has 1 N–H and O–H groups in total. The average Bonchev–Trinajstić information content (AvgIpc) is 3.18. The molecule has 5 rings (SSSR count). The van der Waals surface area contributed by atoms with Crippen molar-refractivity contribution in [2.45, 2.75) is 38.1 Å². The molecule has 4 aromatic rings. The summed E-state index contributed by atoms with van der Waals surface area (Å²) in [4.78, 5) is 17.4. The molecule has 0 aliphatic heterocycles. The van der Waals surface area contributed by atoms with Gasteiger partial charge in [-0.2, -0.15) is 0 Å². The van der Waals surface area contributed by atoms with Gasteiger partial charge in [-0.05, 0) is 77.3 Å². The van der Waals surface area contributed by atoms with Crippen LogP contribution in [0.25, 0.3) is 16.9 Å². The van der Waals surface area contributed by atoms with Gasteiger partial charge in [0.15, 0.2) is 0 Å². The molecule has 0 radical (unpaired) electrons. The molecule has 0 saturated heterocycles. The van der Waals surface area contributed by atoms with Crippen LogP contribution in [0.15, 0.2) is 71.3 Å². The van der Waals surface area contributed by atoms with Crippen LogP contribution in [-0.4, -0.2) is 21.4 Å². The number of benzene rings is 2. The van der Waals surface area contributed by atoms with Crippen LogP contribution in [0.1, 0.15) is 42.5 Å². The van der Waals surface area contributed by atoms with E-state index in [-0.39, 0.29) is 0 Å². The molecule has 0 bridgehead atoms. The fourth-order valence-corrected chi connectivity index (χ4v) is 4.59. The monoisotopic (exact) mass is 507 g/mol. The molecule has 0 spiro atoms. The quantitative estimate of drug-likeness (QED) is 0.236. The molecule has 168 valence electrons. The second-order valence-electron chi connectivity index (χ2n) is 8.29. The van der Waals surface area contributed by atoms with Gasteiger partial charge in [0.2, 0.25) is 0 Å². The number of pyridine rings is 1. The number of fused-ring (bicyclic) bond motifs is 1. The molecule has 1 aliphatic rings. The van der Waals surface area contributed by atoms with E-state index in [2.05, 4.69) is 25.6 Å². The Morgan fingerprint density at radius 3 is 2.64 bits per heavy atom. The lowest BCUT2D eigenvalue weighted by Gasteiger charge is -2.24. The highest BCUT2D eigenvalue weighted by Crippen LogP contribution is 2.34. The molecule has 0 amide bonds. The van der Waals surface area contributed by atoms with Crippen molar-refractivity contribution in [2.75, 3.05) is 5.32 Å². The topological polar surface area (TPSA) is 55.6 Å².